The average Bonchev–Trinajstić information content (AvgIpc) is 2.17. The largest absolute Gasteiger partial charge is 0.392 e. The van der Waals surface area contributed by atoms with Gasteiger partial charge in [-0.3, -0.25) is 0 Å². The molecule has 0 unspecified atom stereocenters. The van der Waals surface area contributed by atoms with Gasteiger partial charge in [0.15, 0.2) is 0 Å². The van der Waals surface area contributed by atoms with Gasteiger partial charge in [-0.2, -0.15) is 0 Å². The van der Waals surface area contributed by atoms with Crippen molar-refractivity contribution in [2.75, 3.05) is 6.61 Å². The maximum absolute atomic E-state index is 10.0. The molecule has 0 saturated heterocycles. The van der Waals surface area contributed by atoms with Crippen LogP contribution in [0.4, 0.5) is 0 Å². The third-order valence-electron chi connectivity index (χ3n) is 2.82. The molecule has 1 saturated carbocycles. The summed E-state index contributed by atoms with van der Waals surface area (Å²) in [5.41, 5.74) is -0.418. The zero-order valence-corrected chi connectivity index (χ0v) is 7.79. The van der Waals surface area contributed by atoms with Gasteiger partial charge in [0.05, 0.1) is 6.61 Å². The van der Waals surface area contributed by atoms with Crippen LogP contribution in [0.1, 0.15) is 25.7 Å². The molecule has 0 aromatic rings. The lowest BCUT2D eigenvalue weighted by molar-refractivity contribution is 0.0165. The van der Waals surface area contributed by atoms with Gasteiger partial charge in [-0.05, 0) is 24.8 Å². The molecule has 13 heavy (non-hydrogen) atoms. The summed E-state index contributed by atoms with van der Waals surface area (Å²) in [6, 6.07) is 0. The Labute approximate surface area is 79.3 Å². The number of hydrogen-bond acceptors (Lipinski definition) is 2. The van der Waals surface area contributed by atoms with Crippen LogP contribution in [0.5, 0.6) is 0 Å². The molecule has 0 spiro atoms. The first-order valence-electron chi connectivity index (χ1n) is 4.62. The van der Waals surface area contributed by atoms with Crippen molar-refractivity contribution in [3.8, 4) is 12.3 Å². The number of terminal acetylenes is 1. The number of aliphatic hydroxyl groups is 2. The summed E-state index contributed by atoms with van der Waals surface area (Å²) in [7, 11) is 0. The fourth-order valence-corrected chi connectivity index (χ4v) is 1.98. The summed E-state index contributed by atoms with van der Waals surface area (Å²) >= 11 is 0. The van der Waals surface area contributed by atoms with Gasteiger partial charge in [-0.1, -0.05) is 18.9 Å². The van der Waals surface area contributed by atoms with Crippen molar-refractivity contribution < 1.29 is 10.2 Å². The molecule has 2 heteroatoms. The van der Waals surface area contributed by atoms with Crippen LogP contribution >= 0.6 is 0 Å². The molecule has 2 atom stereocenters. The van der Waals surface area contributed by atoms with Crippen molar-refractivity contribution in [3.05, 3.63) is 12.2 Å². The van der Waals surface area contributed by atoms with E-state index in [2.05, 4.69) is 12.5 Å². The third-order valence-corrected chi connectivity index (χ3v) is 2.82. The quantitative estimate of drug-likeness (QED) is 0.493. The lowest BCUT2D eigenvalue weighted by Crippen LogP contribution is -2.40. The van der Waals surface area contributed by atoms with Crippen LogP contribution in [0, 0.1) is 18.3 Å². The summed E-state index contributed by atoms with van der Waals surface area (Å²) in [6.07, 6.45) is 8.75. The first-order chi connectivity index (χ1) is 6.14. The molecule has 1 rings (SSSR count). The van der Waals surface area contributed by atoms with Crippen molar-refractivity contribution in [3.63, 3.8) is 0 Å². The predicted octanol–water partition coefficient (Wildman–Crippen LogP) is 1.09. The fourth-order valence-electron chi connectivity index (χ4n) is 1.98. The Kier molecular flexibility index (Phi) is 3.13. The molecule has 0 bridgehead atoms. The molecule has 0 radical (unpaired) electrons. The van der Waals surface area contributed by atoms with Gasteiger partial charge >= 0.3 is 0 Å². The van der Waals surface area contributed by atoms with E-state index in [1.165, 1.54) is 0 Å². The minimum absolute atomic E-state index is 0.0886. The zero-order chi connectivity index (χ0) is 9.90. The first kappa shape index (κ1) is 10.3. The molecule has 2 nitrogen and oxygen atoms in total. The average molecular weight is 180 g/mol. The Morgan fingerprint density at radius 2 is 2.31 bits per heavy atom. The minimum atomic E-state index is -1.07. The van der Waals surface area contributed by atoms with Crippen molar-refractivity contribution in [1.82, 2.24) is 0 Å². The highest BCUT2D eigenvalue weighted by Crippen LogP contribution is 2.37. The summed E-state index contributed by atoms with van der Waals surface area (Å²) in [5.74, 6) is 2.30. The van der Waals surface area contributed by atoms with Crippen molar-refractivity contribution in [2.45, 2.75) is 31.3 Å². The smallest absolute Gasteiger partial charge is 0.131 e. The Bertz CT molecular complexity index is 239. The molecular weight excluding hydrogens is 164 g/mol. The second kappa shape index (κ2) is 3.95. The summed E-state index contributed by atoms with van der Waals surface area (Å²) < 4.78 is 0. The second-order valence-corrected chi connectivity index (χ2v) is 3.68. The SMILES string of the molecule is C#C[C@]1(O)CCCC[C@H]1C(=C)CO. The molecule has 0 aliphatic heterocycles. The highest BCUT2D eigenvalue weighted by Gasteiger charge is 2.38. The fraction of sp³-hybridized carbons (Fsp3) is 0.636. The van der Waals surface area contributed by atoms with Crippen molar-refractivity contribution >= 4 is 0 Å². The third kappa shape index (κ3) is 1.93. The van der Waals surface area contributed by atoms with Crippen LogP contribution < -0.4 is 0 Å². The predicted molar refractivity (Wildman–Crippen MR) is 52.0 cm³/mol. The monoisotopic (exact) mass is 180 g/mol. The van der Waals surface area contributed by atoms with E-state index in [-0.39, 0.29) is 12.5 Å². The van der Waals surface area contributed by atoms with Gasteiger partial charge in [0, 0.05) is 5.92 Å². The number of aliphatic hydroxyl groups excluding tert-OH is 1. The van der Waals surface area contributed by atoms with Crippen LogP contribution in [-0.4, -0.2) is 22.4 Å². The van der Waals surface area contributed by atoms with E-state index in [1.54, 1.807) is 0 Å². The van der Waals surface area contributed by atoms with E-state index in [9.17, 15) is 5.11 Å². The van der Waals surface area contributed by atoms with E-state index in [0.717, 1.165) is 19.3 Å². The first-order valence-corrected chi connectivity index (χ1v) is 4.62. The molecule has 1 aliphatic rings. The Morgan fingerprint density at radius 1 is 1.62 bits per heavy atom. The summed E-state index contributed by atoms with van der Waals surface area (Å²) in [5, 5.41) is 19.0. The van der Waals surface area contributed by atoms with E-state index >= 15 is 0 Å². The maximum atomic E-state index is 10.0. The lowest BCUT2D eigenvalue weighted by atomic mass is 9.72. The van der Waals surface area contributed by atoms with Crippen molar-refractivity contribution in [1.29, 1.82) is 0 Å². The van der Waals surface area contributed by atoms with Crippen LogP contribution in [0.15, 0.2) is 12.2 Å². The Balaban J connectivity index is 2.80. The summed E-state index contributed by atoms with van der Waals surface area (Å²) in [4.78, 5) is 0. The Hall–Kier alpha value is -0.780. The minimum Gasteiger partial charge on any atom is -0.392 e. The van der Waals surface area contributed by atoms with Gasteiger partial charge in [-0.25, -0.2) is 0 Å². The molecule has 72 valence electrons. The van der Waals surface area contributed by atoms with Gasteiger partial charge in [0.2, 0.25) is 0 Å². The van der Waals surface area contributed by atoms with Gasteiger partial charge in [0.25, 0.3) is 0 Å². The number of rotatable bonds is 2. The van der Waals surface area contributed by atoms with E-state index in [4.69, 9.17) is 11.5 Å². The molecule has 0 amide bonds. The van der Waals surface area contributed by atoms with E-state index in [1.807, 2.05) is 0 Å². The normalized spacial score (nSPS) is 33.8. The van der Waals surface area contributed by atoms with Crippen LogP contribution in [-0.2, 0) is 0 Å². The molecule has 0 heterocycles. The van der Waals surface area contributed by atoms with E-state index < -0.39 is 5.60 Å². The second-order valence-electron chi connectivity index (χ2n) is 3.68. The van der Waals surface area contributed by atoms with Gasteiger partial charge in [-0.15, -0.1) is 6.42 Å². The Morgan fingerprint density at radius 3 is 2.85 bits per heavy atom. The molecule has 1 aliphatic carbocycles. The summed E-state index contributed by atoms with van der Waals surface area (Å²) in [6.45, 7) is 3.65. The zero-order valence-electron chi connectivity index (χ0n) is 7.79. The van der Waals surface area contributed by atoms with Gasteiger partial charge in [0.1, 0.15) is 5.60 Å². The topological polar surface area (TPSA) is 40.5 Å². The molecule has 0 aromatic heterocycles. The lowest BCUT2D eigenvalue weighted by Gasteiger charge is -2.36. The standard InChI is InChI=1S/C11H16O2/c1-3-11(13)7-5-4-6-10(11)9(2)8-12/h1,10,12-13H,2,4-8H2/t10-,11-/m0/s1. The van der Waals surface area contributed by atoms with Crippen LogP contribution in [0.25, 0.3) is 0 Å². The van der Waals surface area contributed by atoms with Gasteiger partial charge < -0.3 is 10.2 Å². The molecular formula is C11H16O2. The highest BCUT2D eigenvalue weighted by molar-refractivity contribution is 5.20. The molecule has 1 fully saturated rings. The maximum Gasteiger partial charge on any atom is 0.131 e. The molecule has 0 aromatic carbocycles. The molecule has 2 N–H and O–H groups in total. The van der Waals surface area contributed by atoms with Crippen molar-refractivity contribution in [2.24, 2.45) is 5.92 Å². The highest BCUT2D eigenvalue weighted by atomic mass is 16.3. The van der Waals surface area contributed by atoms with E-state index in [0.29, 0.717) is 12.0 Å². The van der Waals surface area contributed by atoms with Crippen LogP contribution in [0.2, 0.25) is 0 Å². The van der Waals surface area contributed by atoms with Crippen LogP contribution in [0.3, 0.4) is 0 Å². The number of hydrogen-bond donors (Lipinski definition) is 2.